The Morgan fingerprint density at radius 3 is 2.64 bits per heavy atom. The van der Waals surface area contributed by atoms with Crippen molar-refractivity contribution >= 4 is 0 Å². The zero-order valence-corrected chi connectivity index (χ0v) is 12.8. The van der Waals surface area contributed by atoms with Crippen molar-refractivity contribution in [1.82, 2.24) is 14.5 Å². The lowest BCUT2D eigenvalue weighted by atomic mass is 10.0. The van der Waals surface area contributed by atoms with E-state index in [2.05, 4.69) is 16.0 Å². The maximum Gasteiger partial charge on any atom is 0.300 e. The standard InChI is InChI=1S/C17H16N5/c1-12-15(17-20-6-8-21(17)3)9-14(11-18)10-16(12)22-7-4-5-19-13(22)2/h4-10H,1-3H3/q+1. The van der Waals surface area contributed by atoms with Crippen LogP contribution >= 0.6 is 0 Å². The number of rotatable bonds is 2. The third-order valence-corrected chi connectivity index (χ3v) is 3.76. The van der Waals surface area contributed by atoms with Crippen LogP contribution in [0.25, 0.3) is 17.1 Å². The minimum atomic E-state index is 0.606. The number of aromatic nitrogens is 4. The maximum absolute atomic E-state index is 9.36. The van der Waals surface area contributed by atoms with E-state index in [1.54, 1.807) is 12.4 Å². The molecule has 3 rings (SSSR count). The van der Waals surface area contributed by atoms with Crippen LogP contribution < -0.4 is 4.57 Å². The molecule has 2 aromatic heterocycles. The van der Waals surface area contributed by atoms with Crippen LogP contribution in [0, 0.1) is 25.2 Å². The van der Waals surface area contributed by atoms with Crippen LogP contribution in [0.5, 0.6) is 0 Å². The third kappa shape index (κ3) is 2.25. The van der Waals surface area contributed by atoms with Crippen LogP contribution in [-0.2, 0) is 7.05 Å². The minimum Gasteiger partial charge on any atom is -0.334 e. The van der Waals surface area contributed by atoms with Gasteiger partial charge in [-0.2, -0.15) is 5.26 Å². The molecule has 0 N–H and O–H groups in total. The lowest BCUT2D eigenvalue weighted by Gasteiger charge is -2.11. The van der Waals surface area contributed by atoms with Crippen LogP contribution in [0.3, 0.4) is 0 Å². The van der Waals surface area contributed by atoms with Crippen molar-refractivity contribution in [3.8, 4) is 23.1 Å². The van der Waals surface area contributed by atoms with Gasteiger partial charge in [-0.1, -0.05) is 4.98 Å². The number of hydrogen-bond acceptors (Lipinski definition) is 3. The fourth-order valence-corrected chi connectivity index (χ4v) is 2.57. The molecule has 0 bridgehead atoms. The summed E-state index contributed by atoms with van der Waals surface area (Å²) in [4.78, 5) is 8.73. The number of imidazole rings is 1. The van der Waals surface area contributed by atoms with Crippen molar-refractivity contribution in [2.24, 2.45) is 7.05 Å². The fourth-order valence-electron chi connectivity index (χ4n) is 2.57. The van der Waals surface area contributed by atoms with E-state index in [-0.39, 0.29) is 0 Å². The Labute approximate surface area is 129 Å². The smallest absolute Gasteiger partial charge is 0.300 e. The van der Waals surface area contributed by atoms with Gasteiger partial charge in [0.2, 0.25) is 0 Å². The molecule has 0 aliphatic carbocycles. The van der Waals surface area contributed by atoms with Gasteiger partial charge in [-0.05, 0) is 13.0 Å². The molecule has 3 aromatic rings. The quantitative estimate of drug-likeness (QED) is 0.680. The first kappa shape index (κ1) is 14.0. The van der Waals surface area contributed by atoms with E-state index in [1.807, 2.05) is 60.6 Å². The summed E-state index contributed by atoms with van der Waals surface area (Å²) in [7, 11) is 1.95. The third-order valence-electron chi connectivity index (χ3n) is 3.76. The molecule has 108 valence electrons. The molecule has 2 heterocycles. The summed E-state index contributed by atoms with van der Waals surface area (Å²) in [5.74, 6) is 1.71. The summed E-state index contributed by atoms with van der Waals surface area (Å²) >= 11 is 0. The molecule has 0 atom stereocenters. The van der Waals surface area contributed by atoms with Crippen molar-refractivity contribution in [2.45, 2.75) is 13.8 Å². The number of aryl methyl sites for hydroxylation is 2. The first-order chi connectivity index (χ1) is 10.6. The lowest BCUT2D eigenvalue weighted by molar-refractivity contribution is -0.606. The van der Waals surface area contributed by atoms with E-state index in [4.69, 9.17) is 0 Å². The molecule has 0 aliphatic heterocycles. The molecule has 0 spiro atoms. The Kier molecular flexibility index (Phi) is 3.43. The van der Waals surface area contributed by atoms with Gasteiger partial charge in [0, 0.05) is 49.6 Å². The number of hydrogen-bond donors (Lipinski definition) is 0. The molecule has 0 radical (unpaired) electrons. The predicted octanol–water partition coefficient (Wildman–Crippen LogP) is 2.25. The Morgan fingerprint density at radius 1 is 1.18 bits per heavy atom. The van der Waals surface area contributed by atoms with Gasteiger partial charge in [0.1, 0.15) is 23.9 Å². The van der Waals surface area contributed by atoms with Gasteiger partial charge in [-0.15, -0.1) is 0 Å². The topological polar surface area (TPSA) is 58.4 Å². The second kappa shape index (κ2) is 5.41. The highest BCUT2D eigenvalue weighted by molar-refractivity contribution is 5.67. The van der Waals surface area contributed by atoms with Gasteiger partial charge in [0.05, 0.1) is 11.6 Å². The predicted molar refractivity (Wildman–Crippen MR) is 82.2 cm³/mol. The zero-order valence-electron chi connectivity index (χ0n) is 12.8. The van der Waals surface area contributed by atoms with Crippen LogP contribution in [0.4, 0.5) is 0 Å². The van der Waals surface area contributed by atoms with E-state index < -0.39 is 0 Å². The summed E-state index contributed by atoms with van der Waals surface area (Å²) < 4.78 is 3.94. The average Bonchev–Trinajstić information content (AvgIpc) is 2.94. The molecule has 0 amide bonds. The molecule has 0 saturated heterocycles. The molecule has 0 unspecified atom stereocenters. The van der Waals surface area contributed by atoms with Crippen molar-refractivity contribution in [3.05, 3.63) is 59.9 Å². The van der Waals surface area contributed by atoms with Crippen molar-refractivity contribution < 1.29 is 4.57 Å². The fraction of sp³-hybridized carbons (Fsp3) is 0.176. The molecular formula is C17H16N5+. The van der Waals surface area contributed by atoms with E-state index in [9.17, 15) is 5.26 Å². The van der Waals surface area contributed by atoms with Gasteiger partial charge in [-0.25, -0.2) is 9.55 Å². The summed E-state index contributed by atoms with van der Waals surface area (Å²) in [6.45, 7) is 3.98. The number of nitriles is 1. The van der Waals surface area contributed by atoms with Crippen molar-refractivity contribution in [3.63, 3.8) is 0 Å². The van der Waals surface area contributed by atoms with Crippen molar-refractivity contribution in [2.75, 3.05) is 0 Å². The van der Waals surface area contributed by atoms with Gasteiger partial charge >= 0.3 is 0 Å². The zero-order chi connectivity index (χ0) is 15.7. The van der Waals surface area contributed by atoms with Gasteiger partial charge in [-0.3, -0.25) is 0 Å². The highest BCUT2D eigenvalue weighted by Crippen LogP contribution is 2.26. The van der Waals surface area contributed by atoms with Crippen LogP contribution in [0.1, 0.15) is 17.0 Å². The minimum absolute atomic E-state index is 0.606. The molecule has 1 aromatic carbocycles. The molecular weight excluding hydrogens is 274 g/mol. The van der Waals surface area contributed by atoms with Gasteiger partial charge < -0.3 is 4.57 Å². The molecule has 5 nitrogen and oxygen atoms in total. The maximum atomic E-state index is 9.36. The Balaban J connectivity index is 2.31. The molecule has 22 heavy (non-hydrogen) atoms. The van der Waals surface area contributed by atoms with E-state index in [0.29, 0.717) is 5.56 Å². The second-order valence-corrected chi connectivity index (χ2v) is 5.18. The van der Waals surface area contributed by atoms with Gasteiger partial charge in [0.25, 0.3) is 5.82 Å². The normalized spacial score (nSPS) is 10.5. The monoisotopic (exact) mass is 290 g/mol. The summed E-state index contributed by atoms with van der Waals surface area (Å²) in [5.41, 5.74) is 3.57. The van der Waals surface area contributed by atoms with E-state index in [0.717, 1.165) is 28.5 Å². The molecule has 0 fully saturated rings. The summed E-state index contributed by atoms with van der Waals surface area (Å²) in [6, 6.07) is 7.88. The Bertz CT molecular complexity index is 886. The molecule has 0 aliphatic rings. The SMILES string of the molecule is Cc1c(-c2nccn2C)cc(C#N)cc1-[n+]1cccnc1C. The van der Waals surface area contributed by atoms with Crippen LogP contribution in [0.15, 0.2) is 43.0 Å². The number of nitrogens with zero attached hydrogens (tertiary/aromatic N) is 5. The summed E-state index contributed by atoms with van der Waals surface area (Å²) in [5, 5.41) is 9.36. The first-order valence-electron chi connectivity index (χ1n) is 6.98. The first-order valence-corrected chi connectivity index (χ1v) is 6.98. The van der Waals surface area contributed by atoms with E-state index >= 15 is 0 Å². The second-order valence-electron chi connectivity index (χ2n) is 5.18. The van der Waals surface area contributed by atoms with Crippen LogP contribution in [0.2, 0.25) is 0 Å². The van der Waals surface area contributed by atoms with Crippen LogP contribution in [-0.4, -0.2) is 14.5 Å². The Hall–Kier alpha value is -3.00. The average molecular weight is 290 g/mol. The highest BCUT2D eigenvalue weighted by Gasteiger charge is 2.18. The summed E-state index contributed by atoms with van der Waals surface area (Å²) in [6.07, 6.45) is 7.37. The highest BCUT2D eigenvalue weighted by atomic mass is 15.0. The number of benzene rings is 1. The van der Waals surface area contributed by atoms with Gasteiger partial charge in [0.15, 0.2) is 0 Å². The lowest BCUT2D eigenvalue weighted by Crippen LogP contribution is -2.35. The molecule has 5 heteroatoms. The van der Waals surface area contributed by atoms with E-state index in [1.165, 1.54) is 0 Å². The largest absolute Gasteiger partial charge is 0.334 e. The molecule has 0 saturated carbocycles. The van der Waals surface area contributed by atoms with Crippen molar-refractivity contribution in [1.29, 1.82) is 5.26 Å². The Morgan fingerprint density at radius 2 is 2.00 bits per heavy atom.